The first-order valence-corrected chi connectivity index (χ1v) is 9.67. The molecule has 0 aliphatic carbocycles. The highest BCUT2D eigenvalue weighted by Crippen LogP contribution is 2.24. The quantitative estimate of drug-likeness (QED) is 0.524. The van der Waals surface area contributed by atoms with Gasteiger partial charge in [0.1, 0.15) is 5.69 Å². The Morgan fingerprint density at radius 2 is 1.55 bits per heavy atom. The van der Waals surface area contributed by atoms with Gasteiger partial charge in [0.15, 0.2) is 0 Å². The first-order valence-electron chi connectivity index (χ1n) is 9.67. The lowest BCUT2D eigenvalue weighted by Crippen LogP contribution is -2.25. The predicted molar refractivity (Wildman–Crippen MR) is 116 cm³/mol. The van der Waals surface area contributed by atoms with Crippen molar-refractivity contribution in [3.05, 3.63) is 107 Å². The second-order valence-electron chi connectivity index (χ2n) is 7.13. The fourth-order valence-electron chi connectivity index (χ4n) is 3.22. The summed E-state index contributed by atoms with van der Waals surface area (Å²) in [6.07, 6.45) is 0. The number of nitrogens with one attached hydrogen (secondary N) is 1. The van der Waals surface area contributed by atoms with E-state index in [1.807, 2.05) is 72.8 Å². The lowest BCUT2D eigenvalue weighted by Gasteiger charge is -2.08. The molecule has 144 valence electrons. The molecule has 4 aromatic rings. The summed E-state index contributed by atoms with van der Waals surface area (Å²) >= 11 is 0. The molecule has 1 amide bonds. The van der Waals surface area contributed by atoms with Crippen molar-refractivity contribution in [3.63, 3.8) is 0 Å². The summed E-state index contributed by atoms with van der Waals surface area (Å²) in [5.74, 6) is -0.153. The van der Waals surface area contributed by atoms with Gasteiger partial charge in [0, 0.05) is 12.1 Å². The van der Waals surface area contributed by atoms with Crippen LogP contribution in [0.25, 0.3) is 16.9 Å². The molecule has 0 saturated heterocycles. The van der Waals surface area contributed by atoms with E-state index >= 15 is 0 Å². The van der Waals surface area contributed by atoms with Gasteiger partial charge < -0.3 is 5.32 Å². The van der Waals surface area contributed by atoms with E-state index in [4.69, 9.17) is 5.10 Å². The number of aromatic nitrogens is 2. The molecule has 0 spiro atoms. The molecule has 29 heavy (non-hydrogen) atoms. The average molecular weight is 381 g/mol. The van der Waals surface area contributed by atoms with E-state index in [0.717, 1.165) is 22.5 Å². The number of aryl methyl sites for hydroxylation is 2. The van der Waals surface area contributed by atoms with Crippen LogP contribution in [0.5, 0.6) is 0 Å². The standard InChI is InChI=1S/C25H23N3O/c1-18-13-14-21(15-19(18)2)23-16-24(28(27-23)22-11-7-4-8-12-22)25(29)26-17-20-9-5-3-6-10-20/h3-16H,17H2,1-2H3,(H,26,29). The highest BCUT2D eigenvalue weighted by molar-refractivity contribution is 5.94. The molecule has 0 aliphatic heterocycles. The Morgan fingerprint density at radius 1 is 0.862 bits per heavy atom. The fourth-order valence-corrected chi connectivity index (χ4v) is 3.22. The van der Waals surface area contributed by atoms with Gasteiger partial charge in [-0.2, -0.15) is 5.10 Å². The largest absolute Gasteiger partial charge is 0.347 e. The maximum Gasteiger partial charge on any atom is 0.270 e. The van der Waals surface area contributed by atoms with E-state index in [-0.39, 0.29) is 5.91 Å². The van der Waals surface area contributed by atoms with Gasteiger partial charge in [-0.1, -0.05) is 60.7 Å². The topological polar surface area (TPSA) is 46.9 Å². The van der Waals surface area contributed by atoms with Gasteiger partial charge in [0.25, 0.3) is 5.91 Å². The zero-order valence-electron chi connectivity index (χ0n) is 16.6. The lowest BCUT2D eigenvalue weighted by molar-refractivity contribution is 0.0943. The molecule has 0 unspecified atom stereocenters. The molecule has 0 bridgehead atoms. The monoisotopic (exact) mass is 381 g/mol. The SMILES string of the molecule is Cc1ccc(-c2cc(C(=O)NCc3ccccc3)n(-c3ccccc3)n2)cc1C. The van der Waals surface area contributed by atoms with Gasteiger partial charge in [-0.05, 0) is 54.8 Å². The maximum atomic E-state index is 13.0. The summed E-state index contributed by atoms with van der Waals surface area (Å²) in [5.41, 5.74) is 6.64. The number of hydrogen-bond donors (Lipinski definition) is 1. The average Bonchev–Trinajstić information content (AvgIpc) is 3.21. The molecule has 1 N–H and O–H groups in total. The Morgan fingerprint density at radius 3 is 2.24 bits per heavy atom. The van der Waals surface area contributed by atoms with Crippen molar-refractivity contribution in [3.8, 4) is 16.9 Å². The Bertz CT molecular complexity index is 1130. The molecular formula is C25H23N3O. The maximum absolute atomic E-state index is 13.0. The van der Waals surface area contributed by atoms with Crippen LogP contribution >= 0.6 is 0 Å². The Kier molecular flexibility index (Phi) is 5.25. The first kappa shape index (κ1) is 18.7. The van der Waals surface area contributed by atoms with E-state index < -0.39 is 0 Å². The van der Waals surface area contributed by atoms with Crippen molar-refractivity contribution in [1.29, 1.82) is 0 Å². The van der Waals surface area contributed by atoms with Gasteiger partial charge in [-0.3, -0.25) is 4.79 Å². The van der Waals surface area contributed by atoms with Crippen LogP contribution in [-0.2, 0) is 6.54 Å². The zero-order valence-corrected chi connectivity index (χ0v) is 16.6. The third kappa shape index (κ3) is 4.11. The molecule has 0 saturated carbocycles. The third-order valence-electron chi connectivity index (χ3n) is 5.04. The molecule has 4 nitrogen and oxygen atoms in total. The van der Waals surface area contributed by atoms with Crippen LogP contribution in [0, 0.1) is 13.8 Å². The number of rotatable bonds is 5. The lowest BCUT2D eigenvalue weighted by atomic mass is 10.0. The highest BCUT2D eigenvalue weighted by atomic mass is 16.2. The Balaban J connectivity index is 1.70. The number of carbonyl (C=O) groups excluding carboxylic acids is 1. The minimum atomic E-state index is -0.153. The van der Waals surface area contributed by atoms with Gasteiger partial charge in [0.05, 0.1) is 11.4 Å². The second kappa shape index (κ2) is 8.15. The minimum absolute atomic E-state index is 0.153. The first-order chi connectivity index (χ1) is 14.1. The van der Waals surface area contributed by atoms with Crippen molar-refractivity contribution < 1.29 is 4.79 Å². The highest BCUT2D eigenvalue weighted by Gasteiger charge is 2.17. The fraction of sp³-hybridized carbons (Fsp3) is 0.120. The Hall–Kier alpha value is -3.66. The predicted octanol–water partition coefficient (Wildman–Crippen LogP) is 5.09. The van der Waals surface area contributed by atoms with Gasteiger partial charge in [-0.25, -0.2) is 4.68 Å². The molecule has 0 fully saturated rings. The zero-order chi connectivity index (χ0) is 20.2. The van der Waals surface area contributed by atoms with E-state index in [0.29, 0.717) is 12.2 Å². The van der Waals surface area contributed by atoms with Gasteiger partial charge >= 0.3 is 0 Å². The summed E-state index contributed by atoms with van der Waals surface area (Å²) in [5, 5.41) is 7.76. The molecular weight excluding hydrogens is 358 g/mol. The van der Waals surface area contributed by atoms with Gasteiger partial charge in [0.2, 0.25) is 0 Å². The molecule has 1 heterocycles. The van der Waals surface area contributed by atoms with Crippen molar-refractivity contribution in [1.82, 2.24) is 15.1 Å². The molecule has 3 aromatic carbocycles. The molecule has 1 aromatic heterocycles. The van der Waals surface area contributed by atoms with Crippen molar-refractivity contribution in [2.75, 3.05) is 0 Å². The number of hydrogen-bond acceptors (Lipinski definition) is 2. The molecule has 0 aliphatic rings. The third-order valence-corrected chi connectivity index (χ3v) is 5.04. The smallest absolute Gasteiger partial charge is 0.270 e. The molecule has 4 heteroatoms. The summed E-state index contributed by atoms with van der Waals surface area (Å²) in [7, 11) is 0. The van der Waals surface area contributed by atoms with E-state index in [2.05, 4.69) is 31.3 Å². The molecule has 0 radical (unpaired) electrons. The normalized spacial score (nSPS) is 10.7. The van der Waals surface area contributed by atoms with E-state index in [9.17, 15) is 4.79 Å². The van der Waals surface area contributed by atoms with Crippen LogP contribution in [0.3, 0.4) is 0 Å². The van der Waals surface area contributed by atoms with Crippen LogP contribution in [-0.4, -0.2) is 15.7 Å². The minimum Gasteiger partial charge on any atom is -0.347 e. The number of nitrogens with zero attached hydrogens (tertiary/aromatic N) is 2. The molecule has 4 rings (SSSR count). The number of benzene rings is 3. The van der Waals surface area contributed by atoms with Crippen LogP contribution in [0.2, 0.25) is 0 Å². The van der Waals surface area contributed by atoms with E-state index in [1.165, 1.54) is 11.1 Å². The Labute approximate surface area is 170 Å². The van der Waals surface area contributed by atoms with E-state index in [1.54, 1.807) is 4.68 Å². The van der Waals surface area contributed by atoms with Crippen LogP contribution in [0.4, 0.5) is 0 Å². The van der Waals surface area contributed by atoms with Crippen molar-refractivity contribution in [2.24, 2.45) is 0 Å². The molecule has 0 atom stereocenters. The number of para-hydroxylation sites is 1. The summed E-state index contributed by atoms with van der Waals surface area (Å²) in [4.78, 5) is 13.0. The van der Waals surface area contributed by atoms with Crippen molar-refractivity contribution in [2.45, 2.75) is 20.4 Å². The summed E-state index contributed by atoms with van der Waals surface area (Å²) in [6.45, 7) is 4.64. The second-order valence-corrected chi connectivity index (χ2v) is 7.13. The van der Waals surface area contributed by atoms with Gasteiger partial charge in [-0.15, -0.1) is 0 Å². The summed E-state index contributed by atoms with van der Waals surface area (Å²) in [6, 6.07) is 27.7. The number of carbonyl (C=O) groups is 1. The van der Waals surface area contributed by atoms with Crippen molar-refractivity contribution >= 4 is 5.91 Å². The van der Waals surface area contributed by atoms with Crippen LogP contribution in [0.1, 0.15) is 27.2 Å². The van der Waals surface area contributed by atoms with Crippen LogP contribution < -0.4 is 5.32 Å². The van der Waals surface area contributed by atoms with Crippen LogP contribution in [0.15, 0.2) is 84.9 Å². The number of amides is 1. The summed E-state index contributed by atoms with van der Waals surface area (Å²) < 4.78 is 1.71.